The number of ether oxygens (including phenoxy) is 1. The molecule has 2 N–H and O–H groups in total. The first kappa shape index (κ1) is 13.1. The second kappa shape index (κ2) is 4.90. The van der Waals surface area contributed by atoms with Gasteiger partial charge in [-0.25, -0.2) is 9.78 Å². The lowest BCUT2D eigenvalue weighted by Gasteiger charge is -2.06. The van der Waals surface area contributed by atoms with Crippen LogP contribution in [0.2, 0.25) is 0 Å². The van der Waals surface area contributed by atoms with Crippen molar-refractivity contribution in [1.29, 1.82) is 0 Å². The van der Waals surface area contributed by atoms with Crippen molar-refractivity contribution in [3.8, 4) is 0 Å². The summed E-state index contributed by atoms with van der Waals surface area (Å²) >= 11 is 0. The Labute approximate surface area is 115 Å². The molecule has 1 aliphatic heterocycles. The van der Waals surface area contributed by atoms with Crippen molar-refractivity contribution in [3.63, 3.8) is 0 Å². The number of aryl methyl sites for hydroxylation is 1. The molecule has 7 heteroatoms. The summed E-state index contributed by atoms with van der Waals surface area (Å²) in [5.74, 6) is 0.630. The normalized spacial score (nSPS) is 22.7. The minimum absolute atomic E-state index is 0.123. The van der Waals surface area contributed by atoms with Gasteiger partial charge < -0.3 is 9.72 Å². The van der Waals surface area contributed by atoms with Crippen LogP contribution in [-0.4, -0.2) is 25.6 Å². The number of hydrogen-bond acceptors (Lipinski definition) is 4. The maximum absolute atomic E-state index is 11.9. The minimum atomic E-state index is -0.429. The Morgan fingerprint density at radius 1 is 1.35 bits per heavy atom. The Hall–Kier alpha value is -1.89. The van der Waals surface area contributed by atoms with Crippen LogP contribution in [0.5, 0.6) is 0 Å². The van der Waals surface area contributed by atoms with Crippen LogP contribution in [0.3, 0.4) is 0 Å². The molecule has 20 heavy (non-hydrogen) atoms. The fourth-order valence-electron chi connectivity index (χ4n) is 2.65. The second-order valence-corrected chi connectivity index (χ2v) is 5.24. The third kappa shape index (κ3) is 2.07. The zero-order chi connectivity index (χ0) is 14.3. The van der Waals surface area contributed by atoms with Gasteiger partial charge in [-0.05, 0) is 26.2 Å². The van der Waals surface area contributed by atoms with Crippen molar-refractivity contribution < 1.29 is 4.74 Å². The molecule has 108 valence electrons. The van der Waals surface area contributed by atoms with Crippen LogP contribution in [0, 0.1) is 0 Å². The van der Waals surface area contributed by atoms with Gasteiger partial charge in [0.25, 0.3) is 5.56 Å². The molecule has 0 radical (unpaired) electrons. The highest BCUT2D eigenvalue weighted by Gasteiger charge is 2.27. The summed E-state index contributed by atoms with van der Waals surface area (Å²) in [5, 5.41) is 0. The van der Waals surface area contributed by atoms with Gasteiger partial charge >= 0.3 is 5.69 Å². The van der Waals surface area contributed by atoms with Crippen molar-refractivity contribution in [2.75, 3.05) is 0 Å². The zero-order valence-corrected chi connectivity index (χ0v) is 11.6. The smallest absolute Gasteiger partial charge is 0.330 e. The van der Waals surface area contributed by atoms with Gasteiger partial charge in [0, 0.05) is 6.54 Å². The van der Waals surface area contributed by atoms with E-state index >= 15 is 0 Å². The Kier molecular flexibility index (Phi) is 3.21. The molecule has 1 saturated heterocycles. The molecule has 7 nitrogen and oxygen atoms in total. The molecule has 0 spiro atoms. The van der Waals surface area contributed by atoms with Gasteiger partial charge in [-0.15, -0.1) is 0 Å². The number of imidazole rings is 1. The van der Waals surface area contributed by atoms with Crippen molar-refractivity contribution in [2.24, 2.45) is 0 Å². The first-order valence-electron chi connectivity index (χ1n) is 6.98. The van der Waals surface area contributed by atoms with Gasteiger partial charge in [0.2, 0.25) is 0 Å². The number of aromatic amines is 2. The quantitative estimate of drug-likeness (QED) is 0.878. The third-order valence-corrected chi connectivity index (χ3v) is 3.64. The zero-order valence-electron chi connectivity index (χ0n) is 11.6. The monoisotopic (exact) mass is 278 g/mol. The summed E-state index contributed by atoms with van der Waals surface area (Å²) in [6, 6.07) is 0. The molecule has 0 amide bonds. The number of fused-ring (bicyclic) bond motifs is 1. The fraction of sp³-hybridized carbons (Fsp3) is 0.615. The van der Waals surface area contributed by atoms with Crippen LogP contribution in [0.25, 0.3) is 11.2 Å². The fourth-order valence-corrected chi connectivity index (χ4v) is 2.65. The summed E-state index contributed by atoms with van der Waals surface area (Å²) in [5.41, 5.74) is -0.0831. The highest BCUT2D eigenvalue weighted by Crippen LogP contribution is 2.31. The van der Waals surface area contributed by atoms with Crippen molar-refractivity contribution in [2.45, 2.75) is 51.9 Å². The highest BCUT2D eigenvalue weighted by molar-refractivity contribution is 5.69. The number of hydrogen-bond donors (Lipinski definition) is 2. The van der Waals surface area contributed by atoms with E-state index in [9.17, 15) is 9.59 Å². The van der Waals surface area contributed by atoms with Crippen LogP contribution in [0.15, 0.2) is 9.59 Å². The maximum Gasteiger partial charge on any atom is 0.330 e. The molecule has 0 bridgehead atoms. The Bertz CT molecular complexity index is 742. The van der Waals surface area contributed by atoms with Gasteiger partial charge in [0.1, 0.15) is 17.4 Å². The molecule has 2 aromatic rings. The Morgan fingerprint density at radius 3 is 2.80 bits per heavy atom. The SMILES string of the molecule is CCCn1c(=O)[nH]c(=O)c2[nH]c(C3CCC(C)O3)nc21. The van der Waals surface area contributed by atoms with Crippen molar-refractivity contribution >= 4 is 11.2 Å². The molecule has 0 saturated carbocycles. The summed E-state index contributed by atoms with van der Waals surface area (Å²) in [6.07, 6.45) is 2.71. The third-order valence-electron chi connectivity index (χ3n) is 3.64. The molecule has 2 atom stereocenters. The van der Waals surface area contributed by atoms with E-state index in [1.165, 1.54) is 4.57 Å². The second-order valence-electron chi connectivity index (χ2n) is 5.24. The highest BCUT2D eigenvalue weighted by atomic mass is 16.5. The number of H-pyrrole nitrogens is 2. The van der Waals surface area contributed by atoms with Gasteiger partial charge in [-0.3, -0.25) is 14.3 Å². The standard InChI is InChI=1S/C13H18N4O3/c1-3-6-17-11-9(12(18)16-13(17)19)14-10(15-11)8-5-4-7(2)20-8/h7-8H,3-6H2,1-2H3,(H,14,15)(H,16,18,19). The summed E-state index contributed by atoms with van der Waals surface area (Å²) in [4.78, 5) is 33.5. The first-order valence-corrected chi connectivity index (χ1v) is 6.98. The molecule has 3 heterocycles. The molecule has 0 aliphatic carbocycles. The van der Waals surface area contributed by atoms with E-state index in [1.807, 2.05) is 13.8 Å². The average Bonchev–Trinajstić information content (AvgIpc) is 3.00. The predicted octanol–water partition coefficient (Wildman–Crippen LogP) is 1.06. The summed E-state index contributed by atoms with van der Waals surface area (Å²) in [6.45, 7) is 4.51. The van der Waals surface area contributed by atoms with Crippen molar-refractivity contribution in [1.82, 2.24) is 19.5 Å². The predicted molar refractivity (Wildman–Crippen MR) is 73.8 cm³/mol. The number of aromatic nitrogens is 4. The van der Waals surface area contributed by atoms with E-state index in [1.54, 1.807) is 0 Å². The number of rotatable bonds is 3. The first-order chi connectivity index (χ1) is 9.60. The van der Waals surface area contributed by atoms with E-state index in [0.717, 1.165) is 19.3 Å². The largest absolute Gasteiger partial charge is 0.367 e. The van der Waals surface area contributed by atoms with Gasteiger partial charge in [-0.1, -0.05) is 6.92 Å². The Morgan fingerprint density at radius 2 is 2.15 bits per heavy atom. The van der Waals surface area contributed by atoms with Crippen LogP contribution < -0.4 is 11.2 Å². The lowest BCUT2D eigenvalue weighted by atomic mass is 10.2. The molecule has 1 fully saturated rings. The molecule has 1 aliphatic rings. The van der Waals surface area contributed by atoms with E-state index in [0.29, 0.717) is 23.5 Å². The number of nitrogens with zero attached hydrogens (tertiary/aromatic N) is 2. The molecule has 2 unspecified atom stereocenters. The van der Waals surface area contributed by atoms with Gasteiger partial charge in [-0.2, -0.15) is 0 Å². The van der Waals surface area contributed by atoms with Crippen LogP contribution in [-0.2, 0) is 11.3 Å². The van der Waals surface area contributed by atoms with E-state index in [4.69, 9.17) is 4.74 Å². The summed E-state index contributed by atoms with van der Waals surface area (Å²) < 4.78 is 7.25. The lowest BCUT2D eigenvalue weighted by Crippen LogP contribution is -2.30. The van der Waals surface area contributed by atoms with E-state index in [2.05, 4.69) is 15.0 Å². The van der Waals surface area contributed by atoms with E-state index < -0.39 is 11.2 Å². The van der Waals surface area contributed by atoms with Crippen LogP contribution >= 0.6 is 0 Å². The maximum atomic E-state index is 11.9. The van der Waals surface area contributed by atoms with Crippen LogP contribution in [0.4, 0.5) is 0 Å². The minimum Gasteiger partial charge on any atom is -0.367 e. The average molecular weight is 278 g/mol. The van der Waals surface area contributed by atoms with E-state index in [-0.39, 0.29) is 12.2 Å². The molecular weight excluding hydrogens is 260 g/mol. The Balaban J connectivity index is 2.14. The molecule has 0 aromatic carbocycles. The topological polar surface area (TPSA) is 92.8 Å². The molecular formula is C13H18N4O3. The van der Waals surface area contributed by atoms with Crippen LogP contribution in [0.1, 0.15) is 45.0 Å². The van der Waals surface area contributed by atoms with Crippen molar-refractivity contribution in [3.05, 3.63) is 26.7 Å². The molecule has 2 aromatic heterocycles. The van der Waals surface area contributed by atoms with Gasteiger partial charge in [0.05, 0.1) is 6.10 Å². The number of nitrogens with one attached hydrogen (secondary N) is 2. The van der Waals surface area contributed by atoms with Gasteiger partial charge in [0.15, 0.2) is 5.65 Å². The lowest BCUT2D eigenvalue weighted by molar-refractivity contribution is 0.0509. The molecule has 3 rings (SSSR count). The summed E-state index contributed by atoms with van der Waals surface area (Å²) in [7, 11) is 0.